The summed E-state index contributed by atoms with van der Waals surface area (Å²) in [6.07, 6.45) is 4.36. The molecule has 3 nitrogen and oxygen atoms in total. The Morgan fingerprint density at radius 2 is 1.95 bits per heavy atom. The highest BCUT2D eigenvalue weighted by atomic mass is 16.5. The van der Waals surface area contributed by atoms with E-state index < -0.39 is 0 Å². The monoisotopic (exact) mass is 257 g/mol. The molecule has 0 spiro atoms. The average molecular weight is 257 g/mol. The van der Waals surface area contributed by atoms with E-state index in [2.05, 4.69) is 11.9 Å². The van der Waals surface area contributed by atoms with Crippen molar-refractivity contribution >= 4 is 0 Å². The number of aliphatic hydroxyl groups excluding tert-OH is 1. The molecule has 2 rings (SSSR count). The molecule has 0 fully saturated rings. The molecule has 0 radical (unpaired) electrons. The van der Waals surface area contributed by atoms with Crippen LogP contribution in [-0.4, -0.2) is 23.8 Å². The van der Waals surface area contributed by atoms with Gasteiger partial charge in [0, 0.05) is 17.8 Å². The van der Waals surface area contributed by atoms with Crippen LogP contribution in [0.3, 0.4) is 0 Å². The van der Waals surface area contributed by atoms with Crippen molar-refractivity contribution in [2.24, 2.45) is 0 Å². The van der Waals surface area contributed by atoms with E-state index >= 15 is 0 Å². The first-order valence-electron chi connectivity index (χ1n) is 6.32. The van der Waals surface area contributed by atoms with Gasteiger partial charge >= 0.3 is 0 Å². The van der Waals surface area contributed by atoms with Gasteiger partial charge in [-0.2, -0.15) is 0 Å². The number of ether oxygens (including phenoxy) is 1. The van der Waals surface area contributed by atoms with Gasteiger partial charge in [0.25, 0.3) is 0 Å². The van der Waals surface area contributed by atoms with Gasteiger partial charge in [-0.05, 0) is 35.7 Å². The molecule has 19 heavy (non-hydrogen) atoms. The lowest BCUT2D eigenvalue weighted by molar-refractivity contribution is 0.204. The van der Waals surface area contributed by atoms with E-state index in [1.54, 1.807) is 13.3 Å². The van der Waals surface area contributed by atoms with Crippen LogP contribution in [0, 0.1) is 0 Å². The Bertz CT molecular complexity index is 510. The van der Waals surface area contributed by atoms with Crippen molar-refractivity contribution in [3.8, 4) is 5.75 Å². The molecule has 0 saturated heterocycles. The van der Waals surface area contributed by atoms with Crippen molar-refractivity contribution in [3.63, 3.8) is 0 Å². The topological polar surface area (TPSA) is 42.4 Å². The van der Waals surface area contributed by atoms with Gasteiger partial charge in [0.2, 0.25) is 0 Å². The standard InChI is InChI=1S/C16H19NO2/c1-16(12-18,10-13-4-3-9-17-11-13)14-5-7-15(19-2)8-6-14/h3-9,11,18H,10,12H2,1-2H3. The summed E-state index contributed by atoms with van der Waals surface area (Å²) in [5, 5.41) is 9.77. The van der Waals surface area contributed by atoms with Crippen LogP contribution in [0.15, 0.2) is 48.8 Å². The summed E-state index contributed by atoms with van der Waals surface area (Å²) in [4.78, 5) is 4.12. The maximum atomic E-state index is 9.77. The van der Waals surface area contributed by atoms with E-state index in [0.717, 1.165) is 23.3 Å². The summed E-state index contributed by atoms with van der Waals surface area (Å²) in [5.74, 6) is 0.824. The van der Waals surface area contributed by atoms with Crippen LogP contribution in [0.2, 0.25) is 0 Å². The summed E-state index contributed by atoms with van der Waals surface area (Å²) in [7, 11) is 1.65. The number of methoxy groups -OCH3 is 1. The van der Waals surface area contributed by atoms with Gasteiger partial charge in [0.15, 0.2) is 0 Å². The van der Waals surface area contributed by atoms with Crippen LogP contribution in [0.5, 0.6) is 5.75 Å². The van der Waals surface area contributed by atoms with Crippen LogP contribution in [0.4, 0.5) is 0 Å². The normalized spacial score (nSPS) is 13.8. The quantitative estimate of drug-likeness (QED) is 0.895. The van der Waals surface area contributed by atoms with Crippen LogP contribution < -0.4 is 4.74 Å². The van der Waals surface area contributed by atoms with Crippen molar-refractivity contribution < 1.29 is 9.84 Å². The Morgan fingerprint density at radius 3 is 2.47 bits per heavy atom. The fourth-order valence-electron chi connectivity index (χ4n) is 2.20. The van der Waals surface area contributed by atoms with E-state index in [-0.39, 0.29) is 12.0 Å². The van der Waals surface area contributed by atoms with E-state index in [0.29, 0.717) is 0 Å². The number of rotatable bonds is 5. The molecule has 1 unspecified atom stereocenters. The number of nitrogens with zero attached hydrogens (tertiary/aromatic N) is 1. The molecule has 0 aliphatic heterocycles. The molecule has 2 aromatic rings. The predicted octanol–water partition coefficient (Wildman–Crippen LogP) is 2.58. The highest BCUT2D eigenvalue weighted by Gasteiger charge is 2.26. The third-order valence-corrected chi connectivity index (χ3v) is 3.45. The van der Waals surface area contributed by atoms with Gasteiger partial charge in [0.05, 0.1) is 13.7 Å². The van der Waals surface area contributed by atoms with E-state index in [9.17, 15) is 5.11 Å². The second kappa shape index (κ2) is 5.85. The van der Waals surface area contributed by atoms with Gasteiger partial charge in [0.1, 0.15) is 5.75 Å². The van der Waals surface area contributed by atoms with Crippen LogP contribution in [-0.2, 0) is 11.8 Å². The third kappa shape index (κ3) is 3.12. The summed E-state index contributed by atoms with van der Waals surface area (Å²) < 4.78 is 5.16. The Kier molecular flexibility index (Phi) is 4.17. The summed E-state index contributed by atoms with van der Waals surface area (Å²) in [5.41, 5.74) is 1.91. The Morgan fingerprint density at radius 1 is 1.21 bits per heavy atom. The summed E-state index contributed by atoms with van der Waals surface area (Å²) in [6, 6.07) is 11.8. The minimum Gasteiger partial charge on any atom is -0.497 e. The lowest BCUT2D eigenvalue weighted by Crippen LogP contribution is -2.29. The Hall–Kier alpha value is -1.87. The number of aromatic nitrogens is 1. The minimum absolute atomic E-state index is 0.0915. The molecule has 0 amide bonds. The second-order valence-electron chi connectivity index (χ2n) is 4.99. The highest BCUT2D eigenvalue weighted by molar-refractivity contribution is 5.33. The lowest BCUT2D eigenvalue weighted by Gasteiger charge is -2.28. The van der Waals surface area contributed by atoms with Crippen LogP contribution in [0.25, 0.3) is 0 Å². The second-order valence-corrected chi connectivity index (χ2v) is 4.99. The van der Waals surface area contributed by atoms with Crippen LogP contribution >= 0.6 is 0 Å². The van der Waals surface area contributed by atoms with E-state index in [1.807, 2.05) is 42.6 Å². The molecule has 1 heterocycles. The van der Waals surface area contributed by atoms with Crippen LogP contribution in [0.1, 0.15) is 18.1 Å². The average Bonchev–Trinajstić information content (AvgIpc) is 2.48. The van der Waals surface area contributed by atoms with Crippen molar-refractivity contribution in [1.82, 2.24) is 4.98 Å². The van der Waals surface area contributed by atoms with Crippen molar-refractivity contribution in [2.75, 3.05) is 13.7 Å². The fourth-order valence-corrected chi connectivity index (χ4v) is 2.20. The number of benzene rings is 1. The van der Waals surface area contributed by atoms with E-state index in [4.69, 9.17) is 4.74 Å². The summed E-state index contributed by atoms with van der Waals surface area (Å²) >= 11 is 0. The summed E-state index contributed by atoms with van der Waals surface area (Å²) in [6.45, 7) is 2.15. The first-order chi connectivity index (χ1) is 9.18. The maximum absolute atomic E-state index is 9.77. The largest absolute Gasteiger partial charge is 0.497 e. The number of hydrogen-bond donors (Lipinski definition) is 1. The third-order valence-electron chi connectivity index (χ3n) is 3.45. The first kappa shape index (κ1) is 13.6. The molecule has 0 bridgehead atoms. The minimum atomic E-state index is -0.310. The molecule has 1 N–H and O–H groups in total. The van der Waals surface area contributed by atoms with Gasteiger partial charge in [-0.25, -0.2) is 0 Å². The van der Waals surface area contributed by atoms with Crippen molar-refractivity contribution in [1.29, 1.82) is 0 Å². The highest BCUT2D eigenvalue weighted by Crippen LogP contribution is 2.29. The molecular weight excluding hydrogens is 238 g/mol. The smallest absolute Gasteiger partial charge is 0.118 e. The zero-order chi connectivity index (χ0) is 13.7. The van der Waals surface area contributed by atoms with Gasteiger partial charge in [-0.3, -0.25) is 4.98 Å². The molecule has 1 aromatic carbocycles. The SMILES string of the molecule is COc1ccc(C(C)(CO)Cc2cccnc2)cc1. The molecular formula is C16H19NO2. The predicted molar refractivity (Wildman–Crippen MR) is 75.4 cm³/mol. The van der Waals surface area contributed by atoms with Gasteiger partial charge in [-0.1, -0.05) is 25.1 Å². The van der Waals surface area contributed by atoms with Gasteiger partial charge in [-0.15, -0.1) is 0 Å². The van der Waals surface area contributed by atoms with Crippen molar-refractivity contribution in [3.05, 3.63) is 59.9 Å². The molecule has 0 saturated carbocycles. The number of pyridine rings is 1. The zero-order valence-corrected chi connectivity index (χ0v) is 11.3. The fraction of sp³-hybridized carbons (Fsp3) is 0.312. The Labute approximate surface area is 113 Å². The molecule has 0 aliphatic rings. The molecule has 100 valence electrons. The molecule has 0 aliphatic carbocycles. The molecule has 1 atom stereocenters. The Balaban J connectivity index is 2.25. The number of aliphatic hydroxyl groups is 1. The molecule has 1 aromatic heterocycles. The first-order valence-corrected chi connectivity index (χ1v) is 6.32. The maximum Gasteiger partial charge on any atom is 0.118 e. The van der Waals surface area contributed by atoms with Crippen molar-refractivity contribution in [2.45, 2.75) is 18.8 Å². The molecule has 3 heteroatoms. The lowest BCUT2D eigenvalue weighted by atomic mass is 9.78. The number of hydrogen-bond acceptors (Lipinski definition) is 3. The van der Waals surface area contributed by atoms with Gasteiger partial charge < -0.3 is 9.84 Å². The van der Waals surface area contributed by atoms with E-state index in [1.165, 1.54) is 0 Å². The zero-order valence-electron chi connectivity index (χ0n) is 11.3.